The first kappa shape index (κ1) is 48.8. The van der Waals surface area contributed by atoms with Crippen molar-refractivity contribution < 1.29 is 63.2 Å². The molecular formula is C51H50F10O4. The van der Waals surface area contributed by atoms with Gasteiger partial charge < -0.3 is 19.3 Å². The Bertz CT molecular complexity index is 2620. The normalized spacial score (nSPS) is 12.1. The third-order valence-electron chi connectivity index (χ3n) is 11.8. The molecule has 348 valence electrons. The number of hydrogen-bond acceptors (Lipinski definition) is 4. The Morgan fingerprint density at radius 3 is 1.28 bits per heavy atom. The van der Waals surface area contributed by atoms with E-state index < -0.39 is 96.9 Å². The van der Waals surface area contributed by atoms with Gasteiger partial charge in [-0.25, -0.2) is 26.3 Å². The van der Waals surface area contributed by atoms with Crippen LogP contribution in [0.15, 0.2) is 60.7 Å². The van der Waals surface area contributed by atoms with Crippen molar-refractivity contribution in [2.24, 2.45) is 5.92 Å². The molecule has 1 unspecified atom stereocenters. The minimum absolute atomic E-state index is 0.00421. The molecule has 0 aliphatic heterocycles. The third kappa shape index (κ3) is 11.1. The summed E-state index contributed by atoms with van der Waals surface area (Å²) in [5.41, 5.74) is -1.85. The second-order valence-corrected chi connectivity index (χ2v) is 16.1. The van der Waals surface area contributed by atoms with Gasteiger partial charge in [-0.3, -0.25) is 0 Å². The SMILES string of the molecule is CCOc1cc2ccc(-c3ccc(OCCCCCCCC(CC)CCCCCCCOc4ccc(-c5ccc6cc(O)c(F)c(F)c6c5F)c(F)c4F)c(F)c3F)c(F)c2c(F)c1F. The van der Waals surface area contributed by atoms with Gasteiger partial charge in [0, 0.05) is 22.3 Å². The molecule has 4 nitrogen and oxygen atoms in total. The number of phenols is 1. The molecule has 6 rings (SSSR count). The van der Waals surface area contributed by atoms with Crippen molar-refractivity contribution in [3.63, 3.8) is 0 Å². The van der Waals surface area contributed by atoms with Crippen LogP contribution in [0.5, 0.6) is 23.0 Å². The monoisotopic (exact) mass is 916 g/mol. The van der Waals surface area contributed by atoms with E-state index in [2.05, 4.69) is 6.92 Å². The number of rotatable bonds is 23. The molecule has 0 amide bonds. The molecule has 0 aliphatic rings. The van der Waals surface area contributed by atoms with Crippen LogP contribution in [0, 0.1) is 64.1 Å². The van der Waals surface area contributed by atoms with Crippen LogP contribution in [-0.2, 0) is 0 Å². The fourth-order valence-electron chi connectivity index (χ4n) is 8.15. The van der Waals surface area contributed by atoms with Gasteiger partial charge in [0.25, 0.3) is 0 Å². The molecule has 0 aliphatic carbocycles. The van der Waals surface area contributed by atoms with E-state index in [-0.39, 0.29) is 47.8 Å². The lowest BCUT2D eigenvalue weighted by Gasteiger charge is -2.15. The zero-order valence-corrected chi connectivity index (χ0v) is 36.1. The van der Waals surface area contributed by atoms with Crippen LogP contribution in [0.3, 0.4) is 0 Å². The Morgan fingerprint density at radius 1 is 0.400 bits per heavy atom. The van der Waals surface area contributed by atoms with E-state index in [0.717, 1.165) is 107 Å². The van der Waals surface area contributed by atoms with Crippen molar-refractivity contribution in [3.05, 3.63) is 119 Å². The summed E-state index contributed by atoms with van der Waals surface area (Å²) in [6.07, 6.45) is 12.2. The summed E-state index contributed by atoms with van der Waals surface area (Å²) in [5.74, 6) is -15.5. The van der Waals surface area contributed by atoms with Crippen LogP contribution in [0.1, 0.15) is 97.3 Å². The maximum atomic E-state index is 15.4. The molecule has 0 fully saturated rings. The maximum absolute atomic E-state index is 15.4. The number of aromatic hydroxyl groups is 1. The van der Waals surface area contributed by atoms with Gasteiger partial charge in [-0.2, -0.15) is 17.6 Å². The Labute approximate surface area is 371 Å². The molecular weight excluding hydrogens is 867 g/mol. The van der Waals surface area contributed by atoms with Gasteiger partial charge in [-0.15, -0.1) is 0 Å². The van der Waals surface area contributed by atoms with Crippen LogP contribution < -0.4 is 14.2 Å². The number of hydrogen-bond donors (Lipinski definition) is 1. The summed E-state index contributed by atoms with van der Waals surface area (Å²) in [5, 5.41) is 7.88. The lowest BCUT2D eigenvalue weighted by atomic mass is 9.92. The summed E-state index contributed by atoms with van der Waals surface area (Å²) in [6, 6.07) is 11.3. The summed E-state index contributed by atoms with van der Waals surface area (Å²) in [7, 11) is 0. The quantitative estimate of drug-likeness (QED) is 0.0514. The van der Waals surface area contributed by atoms with Crippen molar-refractivity contribution in [1.29, 1.82) is 0 Å². The molecule has 0 radical (unpaired) electrons. The predicted octanol–water partition coefficient (Wildman–Crippen LogP) is 16.0. The van der Waals surface area contributed by atoms with E-state index in [1.165, 1.54) is 24.3 Å². The molecule has 0 spiro atoms. The minimum atomic E-state index is -1.65. The topological polar surface area (TPSA) is 47.9 Å². The van der Waals surface area contributed by atoms with Crippen LogP contribution in [0.2, 0.25) is 0 Å². The van der Waals surface area contributed by atoms with Gasteiger partial charge in [0.1, 0.15) is 11.6 Å². The highest BCUT2D eigenvalue weighted by atomic mass is 19.2. The molecule has 1 atom stereocenters. The molecule has 0 saturated carbocycles. The summed E-state index contributed by atoms with van der Waals surface area (Å²) in [4.78, 5) is 0. The number of ether oxygens (including phenoxy) is 3. The number of phenolic OH excluding ortho intramolecular Hbond substituents is 1. The summed E-state index contributed by atoms with van der Waals surface area (Å²) < 4.78 is 164. The highest BCUT2D eigenvalue weighted by molar-refractivity contribution is 5.91. The van der Waals surface area contributed by atoms with Gasteiger partial charge in [-0.05, 0) is 72.9 Å². The van der Waals surface area contributed by atoms with E-state index in [9.17, 15) is 27.1 Å². The molecule has 0 saturated heterocycles. The highest BCUT2D eigenvalue weighted by Crippen LogP contribution is 2.39. The largest absolute Gasteiger partial charge is 0.505 e. The lowest BCUT2D eigenvalue weighted by molar-refractivity contribution is 0.284. The van der Waals surface area contributed by atoms with Crippen molar-refractivity contribution in [3.8, 4) is 45.3 Å². The van der Waals surface area contributed by atoms with Gasteiger partial charge in [0.2, 0.25) is 23.3 Å². The Kier molecular flexibility index (Phi) is 16.9. The fraction of sp³-hybridized carbons (Fsp3) is 0.373. The molecule has 0 heterocycles. The van der Waals surface area contributed by atoms with Crippen molar-refractivity contribution in [2.75, 3.05) is 19.8 Å². The van der Waals surface area contributed by atoms with E-state index in [1.807, 2.05) is 0 Å². The lowest BCUT2D eigenvalue weighted by Crippen LogP contribution is -2.03. The number of fused-ring (bicyclic) bond motifs is 2. The Hall–Kier alpha value is -5.66. The average molecular weight is 917 g/mol. The zero-order valence-electron chi connectivity index (χ0n) is 36.1. The second kappa shape index (κ2) is 22.5. The standard InChI is InChI=1S/C51H50F10O4/c1-3-29(15-11-7-5-9-13-25-64-37-23-21-34(44(54)47(37)57)32-19-17-30-27-36(62)46(56)50(60)40(30)42(32)52)16-12-8-6-10-14-26-65-38-24-22-35(45(55)48(38)58)33-20-18-31-28-39(63-4-2)49(59)51(61)41(31)43(33)53/h17-24,27-29,62H,3-16,25-26H2,1-2H3. The number of halogens is 10. The van der Waals surface area contributed by atoms with Crippen molar-refractivity contribution >= 4 is 21.5 Å². The molecule has 14 heteroatoms. The van der Waals surface area contributed by atoms with Gasteiger partial charge in [0.15, 0.2) is 46.3 Å². The third-order valence-corrected chi connectivity index (χ3v) is 11.8. The van der Waals surface area contributed by atoms with Crippen molar-refractivity contribution in [2.45, 2.75) is 97.3 Å². The predicted molar refractivity (Wildman–Crippen MR) is 231 cm³/mol. The fourth-order valence-corrected chi connectivity index (χ4v) is 8.15. The Balaban J connectivity index is 0.842. The smallest absolute Gasteiger partial charge is 0.201 e. The molecule has 0 bridgehead atoms. The first-order valence-corrected chi connectivity index (χ1v) is 22.0. The van der Waals surface area contributed by atoms with Crippen LogP contribution in [0.4, 0.5) is 43.9 Å². The van der Waals surface area contributed by atoms with Crippen molar-refractivity contribution in [1.82, 2.24) is 0 Å². The zero-order chi connectivity index (χ0) is 46.8. The Morgan fingerprint density at radius 2 is 0.800 bits per heavy atom. The molecule has 0 aromatic heterocycles. The number of unbranched alkanes of at least 4 members (excludes halogenated alkanes) is 8. The summed E-state index contributed by atoms with van der Waals surface area (Å²) in [6.45, 7) is 4.11. The summed E-state index contributed by atoms with van der Waals surface area (Å²) >= 11 is 0. The first-order chi connectivity index (χ1) is 31.3. The van der Waals surface area contributed by atoms with E-state index >= 15 is 22.0 Å². The average Bonchev–Trinajstić information content (AvgIpc) is 3.29. The van der Waals surface area contributed by atoms with Gasteiger partial charge in [0.05, 0.1) is 30.6 Å². The van der Waals surface area contributed by atoms with E-state index in [4.69, 9.17) is 14.2 Å². The van der Waals surface area contributed by atoms with Crippen LogP contribution in [0.25, 0.3) is 43.8 Å². The molecule has 6 aromatic carbocycles. The minimum Gasteiger partial charge on any atom is -0.505 e. The molecule has 6 aromatic rings. The van der Waals surface area contributed by atoms with Crippen LogP contribution in [-0.4, -0.2) is 24.9 Å². The molecule has 1 N–H and O–H groups in total. The van der Waals surface area contributed by atoms with E-state index in [0.29, 0.717) is 18.8 Å². The maximum Gasteiger partial charge on any atom is 0.201 e. The van der Waals surface area contributed by atoms with Gasteiger partial charge in [-0.1, -0.05) is 102 Å². The second-order valence-electron chi connectivity index (χ2n) is 16.1. The first-order valence-electron chi connectivity index (χ1n) is 22.0. The molecule has 65 heavy (non-hydrogen) atoms. The van der Waals surface area contributed by atoms with E-state index in [1.54, 1.807) is 6.92 Å². The highest BCUT2D eigenvalue weighted by Gasteiger charge is 2.25. The number of benzene rings is 6. The van der Waals surface area contributed by atoms with Gasteiger partial charge >= 0.3 is 0 Å². The van der Waals surface area contributed by atoms with Crippen LogP contribution >= 0.6 is 0 Å².